The van der Waals surface area contributed by atoms with E-state index in [1.165, 1.54) is 12.1 Å². The first-order valence-electron chi connectivity index (χ1n) is 5.64. The van der Waals surface area contributed by atoms with Gasteiger partial charge < -0.3 is 10.2 Å². The van der Waals surface area contributed by atoms with E-state index in [2.05, 4.69) is 15.3 Å². The first-order chi connectivity index (χ1) is 8.65. The lowest BCUT2D eigenvalue weighted by atomic mass is 10.2. The zero-order valence-corrected chi connectivity index (χ0v) is 10.4. The lowest BCUT2D eigenvalue weighted by molar-refractivity contribution is 0.627. The predicted molar refractivity (Wildman–Crippen MR) is 70.1 cm³/mol. The van der Waals surface area contributed by atoms with Gasteiger partial charge in [0.05, 0.1) is 0 Å². The van der Waals surface area contributed by atoms with E-state index in [0.717, 1.165) is 11.4 Å². The minimum atomic E-state index is -0.226. The molecule has 94 valence electrons. The van der Waals surface area contributed by atoms with Gasteiger partial charge in [0.15, 0.2) is 0 Å². The second-order valence-corrected chi connectivity index (χ2v) is 4.12. The first-order valence-corrected chi connectivity index (χ1v) is 5.64. The van der Waals surface area contributed by atoms with Crippen LogP contribution in [0.1, 0.15) is 5.56 Å². The van der Waals surface area contributed by atoms with Gasteiger partial charge in [0.25, 0.3) is 0 Å². The lowest BCUT2D eigenvalue weighted by Gasteiger charge is -2.11. The highest BCUT2D eigenvalue weighted by Crippen LogP contribution is 2.10. The van der Waals surface area contributed by atoms with Gasteiger partial charge in [-0.2, -0.15) is 4.98 Å². The highest BCUT2D eigenvalue weighted by atomic mass is 19.1. The van der Waals surface area contributed by atoms with Crippen LogP contribution in [0, 0.1) is 5.82 Å². The molecule has 4 nitrogen and oxygen atoms in total. The average molecular weight is 246 g/mol. The first kappa shape index (κ1) is 12.3. The van der Waals surface area contributed by atoms with E-state index in [4.69, 9.17) is 0 Å². The Morgan fingerprint density at radius 3 is 2.56 bits per heavy atom. The largest absolute Gasteiger partial charge is 0.366 e. The molecule has 0 fully saturated rings. The number of halogens is 1. The van der Waals surface area contributed by atoms with Crippen molar-refractivity contribution in [2.24, 2.45) is 0 Å². The molecule has 5 heteroatoms. The Kier molecular flexibility index (Phi) is 3.72. The molecule has 0 saturated heterocycles. The van der Waals surface area contributed by atoms with Crippen LogP contribution in [0.5, 0.6) is 0 Å². The van der Waals surface area contributed by atoms with Crippen LogP contribution < -0.4 is 10.2 Å². The summed E-state index contributed by atoms with van der Waals surface area (Å²) in [4.78, 5) is 10.3. The molecule has 0 radical (unpaired) electrons. The van der Waals surface area contributed by atoms with Gasteiger partial charge in [-0.15, -0.1) is 0 Å². The quantitative estimate of drug-likeness (QED) is 0.898. The van der Waals surface area contributed by atoms with Crippen molar-refractivity contribution in [2.75, 3.05) is 24.3 Å². The monoisotopic (exact) mass is 246 g/mol. The Bertz CT molecular complexity index is 511. The molecule has 1 aromatic carbocycles. The minimum absolute atomic E-state index is 0.226. The zero-order valence-electron chi connectivity index (χ0n) is 10.4. The molecule has 1 aromatic heterocycles. The van der Waals surface area contributed by atoms with Crippen LogP contribution in [0.4, 0.5) is 16.2 Å². The van der Waals surface area contributed by atoms with Crippen LogP contribution in [-0.2, 0) is 6.54 Å². The van der Waals surface area contributed by atoms with Crippen LogP contribution in [-0.4, -0.2) is 24.1 Å². The maximum atomic E-state index is 12.7. The highest BCUT2D eigenvalue weighted by Gasteiger charge is 2.01. The normalized spacial score (nSPS) is 10.2. The fourth-order valence-electron chi connectivity index (χ4n) is 1.46. The summed E-state index contributed by atoms with van der Waals surface area (Å²) in [6.45, 7) is 0.601. The van der Waals surface area contributed by atoms with E-state index in [1.807, 2.05) is 19.0 Å². The van der Waals surface area contributed by atoms with Crippen molar-refractivity contribution in [1.29, 1.82) is 0 Å². The van der Waals surface area contributed by atoms with Gasteiger partial charge in [-0.1, -0.05) is 12.1 Å². The van der Waals surface area contributed by atoms with E-state index in [-0.39, 0.29) is 5.82 Å². The second-order valence-electron chi connectivity index (χ2n) is 4.12. The Balaban J connectivity index is 2.01. The van der Waals surface area contributed by atoms with Crippen LogP contribution in [0.3, 0.4) is 0 Å². The third kappa shape index (κ3) is 3.16. The van der Waals surface area contributed by atoms with Gasteiger partial charge in [-0.05, 0) is 23.8 Å². The van der Waals surface area contributed by atoms with Crippen molar-refractivity contribution in [3.05, 3.63) is 47.9 Å². The van der Waals surface area contributed by atoms with E-state index >= 15 is 0 Å². The third-order valence-electron chi connectivity index (χ3n) is 2.43. The summed E-state index contributed by atoms with van der Waals surface area (Å²) in [6.07, 6.45) is 1.70. The third-order valence-corrected chi connectivity index (χ3v) is 2.43. The molecule has 0 saturated carbocycles. The average Bonchev–Trinajstić information content (AvgIpc) is 2.38. The van der Waals surface area contributed by atoms with E-state index in [9.17, 15) is 4.39 Å². The summed E-state index contributed by atoms with van der Waals surface area (Å²) in [5.74, 6) is 1.17. The number of anilines is 2. The molecular weight excluding hydrogens is 231 g/mol. The molecule has 0 amide bonds. The number of aromatic nitrogens is 2. The van der Waals surface area contributed by atoms with Gasteiger partial charge >= 0.3 is 0 Å². The topological polar surface area (TPSA) is 41.1 Å². The molecule has 0 aliphatic carbocycles. The number of hydrogen-bond donors (Lipinski definition) is 1. The second kappa shape index (κ2) is 5.44. The molecule has 0 aliphatic heterocycles. The summed E-state index contributed by atoms with van der Waals surface area (Å²) in [6, 6.07) is 8.19. The summed E-state index contributed by atoms with van der Waals surface area (Å²) >= 11 is 0. The Labute approximate surface area is 105 Å². The number of benzene rings is 1. The van der Waals surface area contributed by atoms with Gasteiger partial charge in [0, 0.05) is 26.8 Å². The summed E-state index contributed by atoms with van der Waals surface area (Å²) in [5, 5.41) is 3.18. The fraction of sp³-hybridized carbons (Fsp3) is 0.231. The van der Waals surface area contributed by atoms with Crippen molar-refractivity contribution < 1.29 is 4.39 Å². The van der Waals surface area contributed by atoms with E-state index < -0.39 is 0 Å². The smallest absolute Gasteiger partial charge is 0.226 e. The van der Waals surface area contributed by atoms with Crippen LogP contribution in [0.2, 0.25) is 0 Å². The van der Waals surface area contributed by atoms with Crippen molar-refractivity contribution in [2.45, 2.75) is 6.54 Å². The van der Waals surface area contributed by atoms with Crippen molar-refractivity contribution in [1.82, 2.24) is 9.97 Å². The summed E-state index contributed by atoms with van der Waals surface area (Å²) < 4.78 is 12.7. The van der Waals surface area contributed by atoms with Crippen LogP contribution >= 0.6 is 0 Å². The Hall–Kier alpha value is -2.17. The molecular formula is C13H15FN4. The molecule has 0 unspecified atom stereocenters. The minimum Gasteiger partial charge on any atom is -0.366 e. The molecule has 0 bridgehead atoms. The number of nitrogens with zero attached hydrogens (tertiary/aromatic N) is 3. The predicted octanol–water partition coefficient (Wildman–Crippen LogP) is 2.29. The lowest BCUT2D eigenvalue weighted by Crippen LogP contribution is -2.13. The molecule has 0 aliphatic rings. The molecule has 1 heterocycles. The number of rotatable bonds is 4. The highest BCUT2D eigenvalue weighted by molar-refractivity contribution is 5.40. The fourth-order valence-corrected chi connectivity index (χ4v) is 1.46. The Morgan fingerprint density at radius 2 is 1.89 bits per heavy atom. The van der Waals surface area contributed by atoms with E-state index in [1.54, 1.807) is 24.4 Å². The number of nitrogens with one attached hydrogen (secondary N) is 1. The molecule has 0 spiro atoms. The zero-order chi connectivity index (χ0) is 13.0. The van der Waals surface area contributed by atoms with Crippen molar-refractivity contribution in [3.8, 4) is 0 Å². The SMILES string of the molecule is CN(C)c1nccc(NCc2ccc(F)cc2)n1. The number of hydrogen-bond acceptors (Lipinski definition) is 4. The van der Waals surface area contributed by atoms with Crippen LogP contribution in [0.25, 0.3) is 0 Å². The van der Waals surface area contributed by atoms with Crippen LogP contribution in [0.15, 0.2) is 36.5 Å². The van der Waals surface area contributed by atoms with Crippen molar-refractivity contribution in [3.63, 3.8) is 0 Å². The van der Waals surface area contributed by atoms with Crippen molar-refractivity contribution >= 4 is 11.8 Å². The molecule has 2 aromatic rings. The van der Waals surface area contributed by atoms with Gasteiger partial charge in [-0.3, -0.25) is 0 Å². The molecule has 2 rings (SSSR count). The van der Waals surface area contributed by atoms with Gasteiger partial charge in [0.2, 0.25) is 5.95 Å². The van der Waals surface area contributed by atoms with Gasteiger partial charge in [-0.25, -0.2) is 9.37 Å². The maximum absolute atomic E-state index is 12.7. The maximum Gasteiger partial charge on any atom is 0.226 e. The molecule has 18 heavy (non-hydrogen) atoms. The summed E-state index contributed by atoms with van der Waals surface area (Å²) in [7, 11) is 3.78. The summed E-state index contributed by atoms with van der Waals surface area (Å²) in [5.41, 5.74) is 1.00. The Morgan fingerprint density at radius 1 is 1.17 bits per heavy atom. The molecule has 0 atom stereocenters. The van der Waals surface area contributed by atoms with E-state index in [0.29, 0.717) is 12.5 Å². The molecule has 1 N–H and O–H groups in total. The van der Waals surface area contributed by atoms with Gasteiger partial charge in [0.1, 0.15) is 11.6 Å². The standard InChI is InChI=1S/C13H15FN4/c1-18(2)13-15-8-7-12(17-13)16-9-10-3-5-11(14)6-4-10/h3-8H,9H2,1-2H3,(H,15,16,17).